The van der Waals surface area contributed by atoms with E-state index in [0.29, 0.717) is 6.61 Å². The summed E-state index contributed by atoms with van der Waals surface area (Å²) < 4.78 is 5.13. The molecule has 2 nitrogen and oxygen atoms in total. The number of thiazole rings is 1. The van der Waals surface area contributed by atoms with Crippen molar-refractivity contribution in [3.05, 3.63) is 16.6 Å². The van der Waals surface area contributed by atoms with Gasteiger partial charge < -0.3 is 4.74 Å². The largest absolute Gasteiger partial charge is 0.375 e. The van der Waals surface area contributed by atoms with E-state index in [1.807, 2.05) is 12.3 Å². The van der Waals surface area contributed by atoms with Crippen LogP contribution >= 0.6 is 11.3 Å². The second kappa shape index (κ2) is 3.58. The highest BCUT2D eigenvalue weighted by atomic mass is 32.1. The number of aromatic nitrogens is 1. The van der Waals surface area contributed by atoms with Crippen molar-refractivity contribution >= 4 is 11.3 Å². The molecule has 0 fully saturated rings. The molecule has 9 heavy (non-hydrogen) atoms. The molecule has 1 rings (SSSR count). The first-order valence-electron chi connectivity index (χ1n) is 2.89. The Morgan fingerprint density at radius 3 is 3.22 bits per heavy atom. The Bertz CT molecular complexity index is 150. The zero-order chi connectivity index (χ0) is 6.53. The van der Waals surface area contributed by atoms with Crippen molar-refractivity contribution in [2.75, 3.05) is 6.61 Å². The molecule has 0 atom stereocenters. The Balaban J connectivity index is 2.30. The van der Waals surface area contributed by atoms with Gasteiger partial charge in [0.05, 0.1) is 6.61 Å². The Kier molecular flexibility index (Phi) is 2.67. The lowest BCUT2D eigenvalue weighted by atomic mass is 10.7. The van der Waals surface area contributed by atoms with E-state index in [1.54, 1.807) is 17.5 Å². The van der Waals surface area contributed by atoms with Crippen LogP contribution in [0.25, 0.3) is 0 Å². The zero-order valence-electron chi connectivity index (χ0n) is 5.33. The predicted molar refractivity (Wildman–Crippen MR) is 37.4 cm³/mol. The van der Waals surface area contributed by atoms with Gasteiger partial charge in [0.25, 0.3) is 0 Å². The molecule has 0 unspecified atom stereocenters. The molecular formula is C6H9NOS. The maximum Gasteiger partial charge on any atom is 0.118 e. The Morgan fingerprint density at radius 1 is 1.78 bits per heavy atom. The molecule has 0 bridgehead atoms. The predicted octanol–water partition coefficient (Wildman–Crippen LogP) is 1.68. The molecule has 50 valence electrons. The molecule has 1 heterocycles. The van der Waals surface area contributed by atoms with E-state index in [0.717, 1.165) is 11.6 Å². The van der Waals surface area contributed by atoms with Gasteiger partial charge in [-0.1, -0.05) is 0 Å². The summed E-state index contributed by atoms with van der Waals surface area (Å²) in [6.07, 6.45) is 1.79. The minimum absolute atomic E-state index is 0.661. The lowest BCUT2D eigenvalue weighted by Crippen LogP contribution is -1.89. The number of hydrogen-bond donors (Lipinski definition) is 0. The first kappa shape index (κ1) is 6.71. The van der Waals surface area contributed by atoms with Gasteiger partial charge in [-0.2, -0.15) is 0 Å². The maximum absolute atomic E-state index is 5.13. The molecule has 1 aromatic rings. The number of nitrogens with zero attached hydrogens (tertiary/aromatic N) is 1. The van der Waals surface area contributed by atoms with Crippen LogP contribution in [0.3, 0.4) is 0 Å². The summed E-state index contributed by atoms with van der Waals surface area (Å²) in [6.45, 7) is 3.40. The fraction of sp³-hybridized carbons (Fsp3) is 0.500. The zero-order valence-corrected chi connectivity index (χ0v) is 6.15. The first-order chi connectivity index (χ1) is 4.43. The van der Waals surface area contributed by atoms with Gasteiger partial charge in [0.1, 0.15) is 5.01 Å². The van der Waals surface area contributed by atoms with Crippen LogP contribution in [0.15, 0.2) is 11.6 Å². The lowest BCUT2D eigenvalue weighted by molar-refractivity contribution is 0.134. The van der Waals surface area contributed by atoms with E-state index < -0.39 is 0 Å². The van der Waals surface area contributed by atoms with Crippen LogP contribution < -0.4 is 0 Å². The van der Waals surface area contributed by atoms with E-state index >= 15 is 0 Å². The van der Waals surface area contributed by atoms with Gasteiger partial charge in [-0.3, -0.25) is 0 Å². The third kappa shape index (κ3) is 2.11. The molecule has 0 radical (unpaired) electrons. The molecule has 0 spiro atoms. The van der Waals surface area contributed by atoms with Crippen LogP contribution in [0, 0.1) is 0 Å². The van der Waals surface area contributed by atoms with Crippen molar-refractivity contribution in [2.24, 2.45) is 0 Å². The van der Waals surface area contributed by atoms with Gasteiger partial charge in [-0.15, -0.1) is 11.3 Å². The highest BCUT2D eigenvalue weighted by molar-refractivity contribution is 7.09. The van der Waals surface area contributed by atoms with Crippen molar-refractivity contribution in [1.29, 1.82) is 0 Å². The fourth-order valence-corrected chi connectivity index (χ4v) is 1.07. The van der Waals surface area contributed by atoms with Crippen LogP contribution in [0.4, 0.5) is 0 Å². The molecule has 1 aromatic heterocycles. The maximum atomic E-state index is 5.13. The van der Waals surface area contributed by atoms with Gasteiger partial charge in [0.2, 0.25) is 0 Å². The first-order valence-corrected chi connectivity index (χ1v) is 3.77. The van der Waals surface area contributed by atoms with Crippen molar-refractivity contribution in [3.8, 4) is 0 Å². The molecule has 0 aromatic carbocycles. The average molecular weight is 143 g/mol. The number of ether oxygens (including phenoxy) is 1. The number of hydrogen-bond acceptors (Lipinski definition) is 3. The summed E-state index contributed by atoms with van der Waals surface area (Å²) in [5.41, 5.74) is 0. The summed E-state index contributed by atoms with van der Waals surface area (Å²) >= 11 is 1.63. The Morgan fingerprint density at radius 2 is 2.67 bits per heavy atom. The molecule has 3 heteroatoms. The second-order valence-corrected chi connectivity index (χ2v) is 2.54. The van der Waals surface area contributed by atoms with Gasteiger partial charge in [-0.05, 0) is 6.92 Å². The molecule has 0 saturated carbocycles. The van der Waals surface area contributed by atoms with Crippen LogP contribution in [0.5, 0.6) is 0 Å². The SMILES string of the molecule is CCOCc1nccs1. The van der Waals surface area contributed by atoms with Crippen molar-refractivity contribution in [1.82, 2.24) is 4.98 Å². The standard InChI is InChI=1S/C6H9NOS/c1-2-8-5-6-7-3-4-9-6/h3-4H,2,5H2,1H3. The van der Waals surface area contributed by atoms with E-state index in [-0.39, 0.29) is 0 Å². The molecule has 0 amide bonds. The van der Waals surface area contributed by atoms with E-state index in [1.165, 1.54) is 0 Å². The van der Waals surface area contributed by atoms with Crippen molar-refractivity contribution in [2.45, 2.75) is 13.5 Å². The highest BCUT2D eigenvalue weighted by Gasteiger charge is 1.91. The lowest BCUT2D eigenvalue weighted by Gasteiger charge is -1.93. The summed E-state index contributed by atoms with van der Waals surface area (Å²) in [6, 6.07) is 0. The van der Waals surface area contributed by atoms with Crippen LogP contribution in [0.1, 0.15) is 11.9 Å². The summed E-state index contributed by atoms with van der Waals surface area (Å²) in [5, 5.41) is 3.01. The quantitative estimate of drug-likeness (QED) is 0.642. The smallest absolute Gasteiger partial charge is 0.118 e. The topological polar surface area (TPSA) is 22.1 Å². The highest BCUT2D eigenvalue weighted by Crippen LogP contribution is 2.04. The Labute approximate surface area is 58.5 Å². The average Bonchev–Trinajstić information content (AvgIpc) is 2.34. The minimum atomic E-state index is 0.661. The van der Waals surface area contributed by atoms with Crippen LogP contribution in [-0.4, -0.2) is 11.6 Å². The molecule has 0 N–H and O–H groups in total. The minimum Gasteiger partial charge on any atom is -0.375 e. The van der Waals surface area contributed by atoms with Crippen LogP contribution in [0.2, 0.25) is 0 Å². The van der Waals surface area contributed by atoms with Crippen LogP contribution in [-0.2, 0) is 11.3 Å². The second-order valence-electron chi connectivity index (χ2n) is 1.56. The molecule has 0 aliphatic heterocycles. The molecular weight excluding hydrogens is 134 g/mol. The van der Waals surface area contributed by atoms with Gasteiger partial charge >= 0.3 is 0 Å². The van der Waals surface area contributed by atoms with E-state index in [2.05, 4.69) is 4.98 Å². The fourth-order valence-electron chi connectivity index (χ4n) is 0.514. The summed E-state index contributed by atoms with van der Waals surface area (Å²) in [5.74, 6) is 0. The normalized spacial score (nSPS) is 9.89. The third-order valence-electron chi connectivity index (χ3n) is 0.913. The van der Waals surface area contributed by atoms with Gasteiger partial charge in [-0.25, -0.2) is 4.98 Å². The summed E-state index contributed by atoms with van der Waals surface area (Å²) in [4.78, 5) is 4.05. The van der Waals surface area contributed by atoms with Gasteiger partial charge in [0.15, 0.2) is 0 Å². The Hall–Kier alpha value is -0.410. The monoisotopic (exact) mass is 143 g/mol. The van der Waals surface area contributed by atoms with Crippen molar-refractivity contribution in [3.63, 3.8) is 0 Å². The number of rotatable bonds is 3. The third-order valence-corrected chi connectivity index (χ3v) is 1.67. The van der Waals surface area contributed by atoms with E-state index in [4.69, 9.17) is 4.74 Å². The van der Waals surface area contributed by atoms with Gasteiger partial charge in [0, 0.05) is 18.2 Å². The van der Waals surface area contributed by atoms with Crippen molar-refractivity contribution < 1.29 is 4.74 Å². The van der Waals surface area contributed by atoms with E-state index in [9.17, 15) is 0 Å². The molecule has 0 aliphatic rings. The summed E-state index contributed by atoms with van der Waals surface area (Å²) in [7, 11) is 0. The molecule has 0 aliphatic carbocycles. The molecule has 0 saturated heterocycles.